The number of ether oxygens (including phenoxy) is 2. The zero-order chi connectivity index (χ0) is 57.3. The van der Waals surface area contributed by atoms with Crippen molar-refractivity contribution >= 4 is 57.2 Å². The van der Waals surface area contributed by atoms with Gasteiger partial charge in [0.25, 0.3) is 0 Å². The molecule has 0 bridgehead atoms. The van der Waals surface area contributed by atoms with Gasteiger partial charge in [-0.1, -0.05) is 49.1 Å². The molecule has 16 heteroatoms. The molecule has 0 spiro atoms. The van der Waals surface area contributed by atoms with E-state index in [0.29, 0.717) is 34.7 Å². The number of nitriles is 2. The number of nitrogens with one attached hydrogen (secondary N) is 1. The molecular weight excluding hydrogens is 993 g/mol. The number of likely N-dealkylation sites (N-methyl/N-ethyl adjacent to an activating group) is 2. The number of hydrogen-bond donors (Lipinski definition) is 1. The Morgan fingerprint density at radius 1 is 0.658 bits per heavy atom. The van der Waals surface area contributed by atoms with Gasteiger partial charge in [-0.15, -0.1) is 0 Å². The minimum atomic E-state index is -0.655. The lowest BCUT2D eigenvalue weighted by atomic mass is 9.97. The summed E-state index contributed by atoms with van der Waals surface area (Å²) < 4.78 is 15.2. The van der Waals surface area contributed by atoms with E-state index in [1.807, 2.05) is 168 Å². The van der Waals surface area contributed by atoms with E-state index in [1.54, 1.807) is 57.0 Å². The Bertz CT molecular complexity index is 3730. The van der Waals surface area contributed by atoms with E-state index in [1.165, 1.54) is 17.1 Å². The molecule has 0 saturated carbocycles. The number of benzene rings is 3. The summed E-state index contributed by atoms with van der Waals surface area (Å²) in [5.74, 6) is -1.08. The lowest BCUT2D eigenvalue weighted by molar-refractivity contribution is -0.162. The van der Waals surface area contributed by atoms with Crippen molar-refractivity contribution < 1.29 is 28.7 Å². The van der Waals surface area contributed by atoms with Crippen molar-refractivity contribution in [2.75, 3.05) is 37.9 Å². The first-order valence-electron chi connectivity index (χ1n) is 25.5. The highest BCUT2D eigenvalue weighted by molar-refractivity contribution is 6.02. The molecule has 0 fully saturated rings. The Balaban J connectivity index is 0.000000229. The summed E-state index contributed by atoms with van der Waals surface area (Å²) in [7, 11) is 5.56. The molecule has 8 rings (SSSR count). The number of nitrogens with zero attached hydrogens (tertiary/aromatic N) is 9. The van der Waals surface area contributed by atoms with Gasteiger partial charge in [0.2, 0.25) is 11.8 Å². The van der Waals surface area contributed by atoms with Crippen molar-refractivity contribution in [2.45, 2.75) is 67.8 Å². The topological polar surface area (TPSA) is 201 Å². The lowest BCUT2D eigenvalue weighted by Gasteiger charge is -2.22. The molecule has 5 heterocycles. The molecule has 0 aliphatic rings. The van der Waals surface area contributed by atoms with Crippen LogP contribution in [0.3, 0.4) is 0 Å². The van der Waals surface area contributed by atoms with Crippen molar-refractivity contribution in [3.8, 4) is 56.6 Å². The number of aromatic nitrogens is 5. The maximum atomic E-state index is 12.6. The third-order valence-electron chi connectivity index (χ3n) is 12.7. The minimum Gasteiger partial charge on any atom is -0.441 e. The fourth-order valence-corrected chi connectivity index (χ4v) is 8.26. The Hall–Kier alpha value is -9.51. The molecule has 402 valence electrons. The highest BCUT2D eigenvalue weighted by Gasteiger charge is 2.29. The fourth-order valence-electron chi connectivity index (χ4n) is 8.26. The number of amides is 2. The van der Waals surface area contributed by atoms with Crippen LogP contribution >= 0.6 is 0 Å². The van der Waals surface area contributed by atoms with E-state index in [0.717, 1.165) is 61.0 Å². The van der Waals surface area contributed by atoms with Gasteiger partial charge in [-0.05, 0) is 147 Å². The average Bonchev–Trinajstić information content (AvgIpc) is 4.15. The van der Waals surface area contributed by atoms with E-state index in [9.17, 15) is 29.7 Å². The number of carbonyl (C=O) groups is 4. The summed E-state index contributed by atoms with van der Waals surface area (Å²) in [5.41, 5.74) is 9.04. The SMILES string of the molecule is C=CC(=O)N(C)c1cccc(-c2cnc3c(c2)c(-c2cccc(C#N)c2)cn3C(C)OC(=O)C(C)(C)C)c1.CC(OC(=O)C(C)(C)C)n1cc(-c2cccc(C#N)c2)c2cc(-c3cncc(NC(=O)C=CCN(C)C)c3)cnc21. The zero-order valence-electron chi connectivity index (χ0n) is 46.4. The molecule has 79 heavy (non-hydrogen) atoms. The van der Waals surface area contributed by atoms with Crippen molar-refractivity contribution in [2.24, 2.45) is 10.8 Å². The Labute approximate surface area is 460 Å². The number of anilines is 2. The Morgan fingerprint density at radius 2 is 1.14 bits per heavy atom. The van der Waals surface area contributed by atoms with Gasteiger partial charge in [0.15, 0.2) is 12.5 Å². The predicted octanol–water partition coefficient (Wildman–Crippen LogP) is 12.3. The van der Waals surface area contributed by atoms with Crippen LogP contribution in [-0.2, 0) is 28.7 Å². The molecule has 8 aromatic rings. The van der Waals surface area contributed by atoms with Gasteiger partial charge in [-0.3, -0.25) is 33.3 Å². The molecule has 2 amide bonds. The number of hydrogen-bond acceptors (Lipinski definition) is 12. The first-order chi connectivity index (χ1) is 37.5. The molecule has 5 aromatic heterocycles. The molecule has 0 saturated heterocycles. The lowest BCUT2D eigenvalue weighted by Crippen LogP contribution is -2.26. The van der Waals surface area contributed by atoms with Crippen LogP contribution in [0.1, 0.15) is 79.0 Å². The number of pyridine rings is 3. The fraction of sp³-hybridized carbons (Fsp3) is 0.254. The second-order valence-corrected chi connectivity index (χ2v) is 21.3. The maximum absolute atomic E-state index is 12.6. The monoisotopic (exact) mass is 1060 g/mol. The van der Waals surface area contributed by atoms with Crippen LogP contribution in [0.5, 0.6) is 0 Å². The van der Waals surface area contributed by atoms with Gasteiger partial charge < -0.3 is 24.6 Å². The Morgan fingerprint density at radius 3 is 1.62 bits per heavy atom. The second kappa shape index (κ2) is 24.2. The van der Waals surface area contributed by atoms with E-state index >= 15 is 0 Å². The van der Waals surface area contributed by atoms with Crippen molar-refractivity contribution in [1.82, 2.24) is 29.0 Å². The molecule has 2 atom stereocenters. The third kappa shape index (κ3) is 13.7. The van der Waals surface area contributed by atoms with E-state index in [2.05, 4.69) is 29.0 Å². The number of rotatable bonds is 14. The quantitative estimate of drug-likeness (QED) is 0.0799. The third-order valence-corrected chi connectivity index (χ3v) is 12.7. The average molecular weight is 1060 g/mol. The summed E-state index contributed by atoms with van der Waals surface area (Å²) in [6.45, 7) is 18.7. The van der Waals surface area contributed by atoms with E-state index in [4.69, 9.17) is 19.4 Å². The highest BCUT2D eigenvalue weighted by Crippen LogP contribution is 2.38. The largest absolute Gasteiger partial charge is 0.441 e. The van der Waals surface area contributed by atoms with Gasteiger partial charge in [-0.25, -0.2) is 9.97 Å². The number of esters is 2. The maximum Gasteiger partial charge on any atom is 0.313 e. The van der Waals surface area contributed by atoms with Crippen LogP contribution in [0.4, 0.5) is 11.4 Å². The van der Waals surface area contributed by atoms with Crippen LogP contribution in [0.15, 0.2) is 153 Å². The summed E-state index contributed by atoms with van der Waals surface area (Å²) in [6, 6.07) is 32.6. The standard InChI is InChI=1S/C32H34N6O3.C31H30N4O3/c1-21(41-31(40)32(2,3)4)38-20-28(23-10-7-9-22(13-23)16-33)27-15-25(18-35-30(27)38)24-14-26(19-34-17-24)36-29(39)11-8-12-37(5)6;1-7-28(36)34(6)25-13-9-11-22(15-25)24-16-26-27(23-12-8-10-21(14-23)17-32)19-35(29(26)33-18-24)20(2)38-30(37)31(3,4)5/h7-11,13-15,17-21H,12H2,1-6H3,(H,36,39);7-16,18-20H,1H2,2-6H3. The summed E-state index contributed by atoms with van der Waals surface area (Å²) in [5, 5.41) is 23.4. The normalized spacial score (nSPS) is 12.2. The molecule has 16 nitrogen and oxygen atoms in total. The summed E-state index contributed by atoms with van der Waals surface area (Å²) >= 11 is 0. The predicted molar refractivity (Wildman–Crippen MR) is 309 cm³/mol. The van der Waals surface area contributed by atoms with Gasteiger partial charge in [0.1, 0.15) is 11.3 Å². The molecule has 1 N–H and O–H groups in total. The van der Waals surface area contributed by atoms with Crippen molar-refractivity contribution in [3.63, 3.8) is 0 Å². The van der Waals surface area contributed by atoms with Crippen LogP contribution < -0.4 is 10.2 Å². The van der Waals surface area contributed by atoms with E-state index < -0.39 is 23.3 Å². The van der Waals surface area contributed by atoms with Crippen molar-refractivity contribution in [3.05, 3.63) is 164 Å². The first-order valence-corrected chi connectivity index (χ1v) is 25.5. The van der Waals surface area contributed by atoms with E-state index in [-0.39, 0.29) is 23.8 Å². The summed E-state index contributed by atoms with van der Waals surface area (Å²) in [4.78, 5) is 67.1. The zero-order valence-corrected chi connectivity index (χ0v) is 46.4. The van der Waals surface area contributed by atoms with Gasteiger partial charge in [0.05, 0.1) is 46.0 Å². The van der Waals surface area contributed by atoms with Gasteiger partial charge >= 0.3 is 11.9 Å². The molecular formula is C63H64N10O6. The van der Waals surface area contributed by atoms with Gasteiger partial charge in [-0.2, -0.15) is 10.5 Å². The second-order valence-electron chi connectivity index (χ2n) is 21.3. The summed E-state index contributed by atoms with van der Waals surface area (Å²) in [6.07, 6.45) is 13.9. The van der Waals surface area contributed by atoms with Crippen LogP contribution in [0.2, 0.25) is 0 Å². The number of fused-ring (bicyclic) bond motifs is 2. The molecule has 0 aliphatic carbocycles. The van der Waals surface area contributed by atoms with Gasteiger partial charge in [0, 0.05) is 94.9 Å². The van der Waals surface area contributed by atoms with Crippen LogP contribution in [0.25, 0.3) is 66.6 Å². The van der Waals surface area contributed by atoms with Crippen LogP contribution in [0, 0.1) is 33.5 Å². The molecule has 3 aromatic carbocycles. The first kappa shape index (κ1) is 57.2. The highest BCUT2D eigenvalue weighted by atomic mass is 16.6. The molecule has 0 radical (unpaired) electrons. The Kier molecular flexibility index (Phi) is 17.5. The minimum absolute atomic E-state index is 0.203. The molecule has 2 unspecified atom stereocenters. The molecule has 0 aliphatic heterocycles. The van der Waals surface area contributed by atoms with Crippen LogP contribution in [-0.4, -0.2) is 80.4 Å². The van der Waals surface area contributed by atoms with Crippen molar-refractivity contribution in [1.29, 1.82) is 10.5 Å². The smallest absolute Gasteiger partial charge is 0.313 e. The number of carbonyl (C=O) groups excluding carboxylic acids is 4.